The number of aryl methyl sites for hydroxylation is 2. The summed E-state index contributed by atoms with van der Waals surface area (Å²) in [5.74, 6) is 0. The van der Waals surface area contributed by atoms with Crippen molar-refractivity contribution in [3.63, 3.8) is 0 Å². The van der Waals surface area contributed by atoms with Crippen molar-refractivity contribution in [2.75, 3.05) is 0 Å². The van der Waals surface area contributed by atoms with Gasteiger partial charge in [0, 0.05) is 12.8 Å². The zero-order chi connectivity index (χ0) is 17.0. The zero-order valence-corrected chi connectivity index (χ0v) is 14.0. The van der Waals surface area contributed by atoms with E-state index >= 15 is 0 Å². The molecule has 0 aliphatic heterocycles. The minimum atomic E-state index is -4.51. The Morgan fingerprint density at radius 3 is 1.61 bits per heavy atom. The minimum absolute atomic E-state index is 0.213. The molecule has 0 aliphatic carbocycles. The van der Waals surface area contributed by atoms with Gasteiger partial charge in [0.05, 0.1) is 0 Å². The fourth-order valence-electron chi connectivity index (χ4n) is 2.35. The lowest BCUT2D eigenvalue weighted by Crippen LogP contribution is -2.13. The second-order valence-electron chi connectivity index (χ2n) is 5.70. The van der Waals surface area contributed by atoms with E-state index in [1.165, 1.54) is 0 Å². The Morgan fingerprint density at radius 2 is 1.26 bits per heavy atom. The molecule has 0 fully saturated rings. The van der Waals surface area contributed by atoms with Crippen molar-refractivity contribution in [1.82, 2.24) is 0 Å². The average molecular weight is 330 g/mol. The van der Waals surface area contributed by atoms with Gasteiger partial charge in [-0.15, -0.1) is 0 Å². The lowest BCUT2D eigenvalue weighted by atomic mass is 10.1. The topological polar surface area (TPSA) is 71.4 Å². The first-order valence-electron chi connectivity index (χ1n) is 7.29. The van der Waals surface area contributed by atoms with Gasteiger partial charge in [-0.2, -0.15) is 0 Å². The maximum absolute atomic E-state index is 12.2. The van der Waals surface area contributed by atoms with Crippen LogP contribution in [0.15, 0.2) is 48.5 Å². The molecule has 23 heavy (non-hydrogen) atoms. The highest BCUT2D eigenvalue weighted by molar-refractivity contribution is 7.89. The van der Waals surface area contributed by atoms with Crippen LogP contribution in [0.2, 0.25) is 0 Å². The van der Waals surface area contributed by atoms with Crippen LogP contribution in [0.25, 0.3) is 0 Å². The molecule has 0 spiro atoms. The third kappa shape index (κ3) is 4.47. The molecule has 1 N–H and O–H groups in total. The van der Waals surface area contributed by atoms with E-state index in [1.807, 2.05) is 26.0 Å². The van der Waals surface area contributed by atoms with E-state index in [0.29, 0.717) is 11.1 Å². The third-order valence-electron chi connectivity index (χ3n) is 3.55. The van der Waals surface area contributed by atoms with Crippen molar-refractivity contribution < 1.29 is 19.0 Å². The van der Waals surface area contributed by atoms with Crippen LogP contribution in [0.5, 0.6) is 0 Å². The first-order chi connectivity index (χ1) is 10.8. The summed E-state index contributed by atoms with van der Waals surface area (Å²) >= 11 is 0. The van der Waals surface area contributed by atoms with Crippen LogP contribution in [0.3, 0.4) is 0 Å². The highest BCUT2D eigenvalue weighted by Gasteiger charge is 2.36. The highest BCUT2D eigenvalue weighted by atomic mass is 31.2. The molecule has 0 aliphatic rings. The Bertz CT molecular complexity index is 732. The predicted octanol–water partition coefficient (Wildman–Crippen LogP) is 3.41. The maximum atomic E-state index is 12.2. The molecule has 120 valence electrons. The average Bonchev–Trinajstić information content (AvgIpc) is 2.47. The molecular formula is C18H19O4P. The fourth-order valence-corrected chi connectivity index (χ4v) is 3.42. The molecule has 0 aromatic heterocycles. The molecule has 2 aromatic rings. The Hall–Kier alpha value is -2.03. The Labute approximate surface area is 135 Å². The minimum Gasteiger partial charge on any atom is -0.334 e. The van der Waals surface area contributed by atoms with E-state index in [-0.39, 0.29) is 12.8 Å². The van der Waals surface area contributed by atoms with Crippen LogP contribution in [-0.4, -0.2) is 15.9 Å². The van der Waals surface area contributed by atoms with Gasteiger partial charge in [-0.3, -0.25) is 14.2 Å². The second kappa shape index (κ2) is 7.03. The molecule has 4 nitrogen and oxygen atoms in total. The molecule has 0 radical (unpaired) electrons. The largest absolute Gasteiger partial charge is 0.334 e. The van der Waals surface area contributed by atoms with Crippen molar-refractivity contribution >= 4 is 18.4 Å². The summed E-state index contributed by atoms with van der Waals surface area (Å²) in [5, 5.41) is 0. The Morgan fingerprint density at radius 1 is 0.870 bits per heavy atom. The molecule has 2 aromatic carbocycles. The van der Waals surface area contributed by atoms with Crippen molar-refractivity contribution in [2.24, 2.45) is 0 Å². The smallest absolute Gasteiger partial charge is 0.328 e. The van der Waals surface area contributed by atoms with Gasteiger partial charge in [-0.1, -0.05) is 59.7 Å². The van der Waals surface area contributed by atoms with Crippen molar-refractivity contribution in [3.8, 4) is 0 Å². The quantitative estimate of drug-likeness (QED) is 0.824. The molecule has 0 saturated carbocycles. The van der Waals surface area contributed by atoms with Crippen LogP contribution in [0.1, 0.15) is 22.3 Å². The molecular weight excluding hydrogens is 311 g/mol. The van der Waals surface area contributed by atoms with Crippen molar-refractivity contribution in [1.29, 1.82) is 0 Å². The van der Waals surface area contributed by atoms with E-state index in [9.17, 15) is 19.0 Å². The first-order valence-corrected chi connectivity index (χ1v) is 8.95. The van der Waals surface area contributed by atoms with Crippen LogP contribution in [0.4, 0.5) is 0 Å². The molecule has 0 saturated heterocycles. The summed E-state index contributed by atoms with van der Waals surface area (Å²) in [6.45, 7) is 3.74. The summed E-state index contributed by atoms with van der Waals surface area (Å²) in [7, 11) is -4.51. The molecule has 0 bridgehead atoms. The van der Waals surface area contributed by atoms with Crippen LogP contribution in [-0.2, 0) is 27.0 Å². The van der Waals surface area contributed by atoms with Crippen LogP contribution in [0, 0.1) is 13.8 Å². The van der Waals surface area contributed by atoms with Crippen molar-refractivity contribution in [2.45, 2.75) is 26.7 Å². The number of rotatable bonds is 6. The summed E-state index contributed by atoms with van der Waals surface area (Å²) in [4.78, 5) is 34.2. The maximum Gasteiger partial charge on any atom is 0.328 e. The first kappa shape index (κ1) is 17.3. The molecule has 5 heteroatoms. The summed E-state index contributed by atoms with van der Waals surface area (Å²) in [5.41, 5.74) is 1.34. The predicted molar refractivity (Wildman–Crippen MR) is 89.6 cm³/mol. The number of hydrogen-bond acceptors (Lipinski definition) is 3. The van der Waals surface area contributed by atoms with Gasteiger partial charge in [0.25, 0.3) is 0 Å². The van der Waals surface area contributed by atoms with Gasteiger partial charge >= 0.3 is 7.37 Å². The highest BCUT2D eigenvalue weighted by Crippen LogP contribution is 2.44. The van der Waals surface area contributed by atoms with E-state index in [2.05, 4.69) is 0 Å². The van der Waals surface area contributed by atoms with Crippen LogP contribution < -0.4 is 0 Å². The molecule has 2 rings (SSSR count). The standard InChI is InChI=1S/C18H19O4P/c1-13-5-3-7-15(9-13)11-17(19)23(21,22)18(20)12-16-8-4-6-14(2)10-16/h3-10H,11-12H2,1-2H3,(H,21,22). The molecule has 0 amide bonds. The number of benzene rings is 2. The van der Waals surface area contributed by atoms with E-state index in [1.54, 1.807) is 36.4 Å². The summed E-state index contributed by atoms with van der Waals surface area (Å²) < 4.78 is 12.2. The van der Waals surface area contributed by atoms with E-state index in [0.717, 1.165) is 11.1 Å². The monoisotopic (exact) mass is 330 g/mol. The van der Waals surface area contributed by atoms with Gasteiger partial charge in [0.15, 0.2) is 0 Å². The van der Waals surface area contributed by atoms with Gasteiger partial charge in [-0.25, -0.2) is 0 Å². The zero-order valence-electron chi connectivity index (χ0n) is 13.2. The second-order valence-corrected chi connectivity index (χ2v) is 7.84. The number of hydrogen-bond donors (Lipinski definition) is 1. The Balaban J connectivity index is 2.11. The van der Waals surface area contributed by atoms with Gasteiger partial charge in [0.2, 0.25) is 11.0 Å². The number of carbonyl (C=O) groups excluding carboxylic acids is 2. The molecule has 0 atom stereocenters. The SMILES string of the molecule is Cc1cccc(CC(=O)P(=O)(O)C(=O)Cc2cccc(C)c2)c1. The summed E-state index contributed by atoms with van der Waals surface area (Å²) in [6.07, 6.45) is -0.427. The van der Waals surface area contributed by atoms with E-state index in [4.69, 9.17) is 0 Å². The number of carbonyl (C=O) groups is 2. The fraction of sp³-hybridized carbons (Fsp3) is 0.222. The lowest BCUT2D eigenvalue weighted by molar-refractivity contribution is -0.115. The normalized spacial score (nSPS) is 11.3. The summed E-state index contributed by atoms with van der Waals surface area (Å²) in [6, 6.07) is 14.2. The lowest BCUT2D eigenvalue weighted by Gasteiger charge is -2.10. The van der Waals surface area contributed by atoms with Crippen LogP contribution >= 0.6 is 7.37 Å². The molecule has 0 unspecified atom stereocenters. The Kier molecular flexibility index (Phi) is 5.30. The van der Waals surface area contributed by atoms with Gasteiger partial charge in [-0.05, 0) is 25.0 Å². The molecule has 0 heterocycles. The van der Waals surface area contributed by atoms with E-state index < -0.39 is 18.4 Å². The van der Waals surface area contributed by atoms with Gasteiger partial charge < -0.3 is 4.89 Å². The van der Waals surface area contributed by atoms with Crippen molar-refractivity contribution in [3.05, 3.63) is 70.8 Å². The van der Waals surface area contributed by atoms with Gasteiger partial charge in [0.1, 0.15) is 0 Å². The third-order valence-corrected chi connectivity index (χ3v) is 5.22.